The van der Waals surface area contributed by atoms with Crippen molar-refractivity contribution in [3.05, 3.63) is 58.4 Å². The van der Waals surface area contributed by atoms with Crippen molar-refractivity contribution in [1.29, 1.82) is 0 Å². The molecule has 1 aromatic heterocycles. The maximum atomic E-state index is 13.3. The number of carbonyl (C=O) groups is 2. The summed E-state index contributed by atoms with van der Waals surface area (Å²) in [6.45, 7) is 7.78. The lowest BCUT2D eigenvalue weighted by Gasteiger charge is -2.24. The Labute approximate surface area is 207 Å². The molecule has 34 heavy (non-hydrogen) atoms. The van der Waals surface area contributed by atoms with Crippen LogP contribution in [-0.2, 0) is 4.74 Å². The fourth-order valence-corrected chi connectivity index (χ4v) is 4.20. The molecule has 0 saturated carbocycles. The van der Waals surface area contributed by atoms with Crippen LogP contribution < -0.4 is 10.6 Å². The Balaban J connectivity index is 1.72. The van der Waals surface area contributed by atoms with Crippen LogP contribution in [0.4, 0.5) is 9.18 Å². The fourth-order valence-electron chi connectivity index (χ4n) is 3.59. The molecule has 0 unspecified atom stereocenters. The number of fused-ring (bicyclic) bond motifs is 1. The smallest absolute Gasteiger partial charge is 0.407 e. The van der Waals surface area contributed by atoms with Crippen molar-refractivity contribution in [2.24, 2.45) is 0 Å². The molecule has 0 bridgehead atoms. The number of ether oxygens (including phenoxy) is 1. The summed E-state index contributed by atoms with van der Waals surface area (Å²) >= 11 is 3.55. The van der Waals surface area contributed by atoms with Crippen molar-refractivity contribution < 1.29 is 18.7 Å². The Morgan fingerprint density at radius 2 is 1.79 bits per heavy atom. The number of nitrogens with one attached hydrogen (secondary N) is 3. The summed E-state index contributed by atoms with van der Waals surface area (Å²) in [6.07, 6.45) is 2.12. The minimum absolute atomic E-state index is 0.244. The van der Waals surface area contributed by atoms with Gasteiger partial charge in [-0.3, -0.25) is 4.79 Å². The number of unbranched alkanes of at least 4 members (excludes halogenated alkanes) is 1. The standard InChI is InChI=1S/C26H31BrFN3O3/c1-5-6-7-19(30-25(33)34-26(2,3)4)15-29-24(32)23-22(27)20-14-17(10-13-21(20)31-23)16-8-11-18(28)12-9-16/h8-14,19,31H,5-7,15H2,1-4H3,(H,29,32)(H,30,33)/t19-/m0/s1. The topological polar surface area (TPSA) is 83.2 Å². The van der Waals surface area contributed by atoms with E-state index in [1.807, 2.05) is 39.0 Å². The number of alkyl carbamates (subject to hydrolysis) is 1. The molecule has 2 aromatic carbocycles. The highest BCUT2D eigenvalue weighted by Crippen LogP contribution is 2.32. The second-order valence-corrected chi connectivity index (χ2v) is 10.1. The largest absolute Gasteiger partial charge is 0.444 e. The van der Waals surface area contributed by atoms with Crippen molar-refractivity contribution in [3.8, 4) is 11.1 Å². The van der Waals surface area contributed by atoms with Gasteiger partial charge in [0.1, 0.15) is 17.1 Å². The molecule has 0 spiro atoms. The third-order valence-electron chi connectivity index (χ3n) is 5.28. The van der Waals surface area contributed by atoms with Crippen molar-refractivity contribution in [1.82, 2.24) is 15.6 Å². The van der Waals surface area contributed by atoms with Gasteiger partial charge >= 0.3 is 6.09 Å². The van der Waals surface area contributed by atoms with Crippen molar-refractivity contribution >= 4 is 38.8 Å². The van der Waals surface area contributed by atoms with Gasteiger partial charge in [0.05, 0.1) is 4.47 Å². The first kappa shape index (κ1) is 25.7. The summed E-state index contributed by atoms with van der Waals surface area (Å²) in [6, 6.07) is 11.8. The first-order chi connectivity index (χ1) is 16.1. The monoisotopic (exact) mass is 531 g/mol. The molecule has 1 heterocycles. The molecule has 2 amide bonds. The van der Waals surface area contributed by atoms with Crippen LogP contribution in [0.3, 0.4) is 0 Å². The number of hydrogen-bond donors (Lipinski definition) is 3. The zero-order valence-electron chi connectivity index (χ0n) is 19.9. The summed E-state index contributed by atoms with van der Waals surface area (Å²) in [5.41, 5.74) is 2.41. The summed E-state index contributed by atoms with van der Waals surface area (Å²) < 4.78 is 19.3. The number of hydrogen-bond acceptors (Lipinski definition) is 3. The second kappa shape index (κ2) is 11.0. The molecule has 0 saturated heterocycles. The van der Waals surface area contributed by atoms with Gasteiger partial charge in [0, 0.05) is 23.5 Å². The molecule has 3 aromatic rings. The number of benzene rings is 2. The Kier molecular flexibility index (Phi) is 8.36. The van der Waals surface area contributed by atoms with Crippen LogP contribution in [0.5, 0.6) is 0 Å². The number of amides is 2. The highest BCUT2D eigenvalue weighted by molar-refractivity contribution is 9.10. The van der Waals surface area contributed by atoms with Crippen molar-refractivity contribution in [2.45, 2.75) is 58.6 Å². The first-order valence-corrected chi connectivity index (χ1v) is 12.2. The molecule has 3 N–H and O–H groups in total. The Morgan fingerprint density at radius 1 is 1.12 bits per heavy atom. The predicted octanol–water partition coefficient (Wildman–Crippen LogP) is 6.55. The zero-order chi connectivity index (χ0) is 24.9. The summed E-state index contributed by atoms with van der Waals surface area (Å²) in [7, 11) is 0. The molecular weight excluding hydrogens is 501 g/mol. The average molecular weight is 532 g/mol. The third kappa shape index (κ3) is 6.82. The molecule has 0 aliphatic rings. The number of aromatic nitrogens is 1. The minimum atomic E-state index is -0.593. The maximum absolute atomic E-state index is 13.3. The second-order valence-electron chi connectivity index (χ2n) is 9.28. The van der Waals surface area contributed by atoms with Crippen LogP contribution in [0.1, 0.15) is 57.4 Å². The van der Waals surface area contributed by atoms with Gasteiger partial charge in [-0.1, -0.05) is 38.0 Å². The maximum Gasteiger partial charge on any atom is 0.407 e. The fraction of sp³-hybridized carbons (Fsp3) is 0.385. The van der Waals surface area contributed by atoms with Crippen LogP contribution >= 0.6 is 15.9 Å². The van der Waals surface area contributed by atoms with Crippen LogP contribution in [0.2, 0.25) is 0 Å². The summed E-state index contributed by atoms with van der Waals surface area (Å²) in [4.78, 5) is 28.3. The predicted molar refractivity (Wildman–Crippen MR) is 136 cm³/mol. The highest BCUT2D eigenvalue weighted by Gasteiger charge is 2.21. The molecule has 0 radical (unpaired) electrons. The van der Waals surface area contributed by atoms with E-state index in [0.29, 0.717) is 10.2 Å². The van der Waals surface area contributed by atoms with Gasteiger partial charge in [-0.25, -0.2) is 9.18 Å². The summed E-state index contributed by atoms with van der Waals surface area (Å²) in [5.74, 6) is -0.566. The average Bonchev–Trinajstić information content (AvgIpc) is 3.10. The lowest BCUT2D eigenvalue weighted by molar-refractivity contribution is 0.0498. The molecule has 0 aliphatic carbocycles. The molecule has 182 valence electrons. The lowest BCUT2D eigenvalue weighted by atomic mass is 10.0. The van der Waals surface area contributed by atoms with Gasteiger partial charge in [0.2, 0.25) is 0 Å². The van der Waals surface area contributed by atoms with Crippen LogP contribution in [0.25, 0.3) is 22.0 Å². The van der Waals surface area contributed by atoms with Crippen molar-refractivity contribution in [2.75, 3.05) is 6.54 Å². The number of rotatable bonds is 8. The van der Waals surface area contributed by atoms with E-state index in [1.54, 1.807) is 12.1 Å². The van der Waals surface area contributed by atoms with E-state index in [2.05, 4.69) is 38.5 Å². The van der Waals surface area contributed by atoms with Crippen LogP contribution in [0.15, 0.2) is 46.9 Å². The first-order valence-electron chi connectivity index (χ1n) is 11.4. The van der Waals surface area contributed by atoms with Crippen molar-refractivity contribution in [3.63, 3.8) is 0 Å². The van der Waals surface area contributed by atoms with Gasteiger partial charge in [0.15, 0.2) is 0 Å². The van der Waals surface area contributed by atoms with E-state index < -0.39 is 11.7 Å². The minimum Gasteiger partial charge on any atom is -0.444 e. The quantitative estimate of drug-likeness (QED) is 0.308. The lowest BCUT2D eigenvalue weighted by Crippen LogP contribution is -2.45. The van der Waals surface area contributed by atoms with E-state index in [1.165, 1.54) is 12.1 Å². The van der Waals surface area contributed by atoms with Gasteiger partial charge in [-0.2, -0.15) is 0 Å². The van der Waals surface area contributed by atoms with Gasteiger partial charge in [0.25, 0.3) is 5.91 Å². The number of H-pyrrole nitrogens is 1. The van der Waals surface area contributed by atoms with Gasteiger partial charge in [-0.15, -0.1) is 0 Å². The van der Waals surface area contributed by atoms with E-state index >= 15 is 0 Å². The molecule has 0 aliphatic heterocycles. The number of halogens is 2. The number of aromatic amines is 1. The van der Waals surface area contributed by atoms with Crippen LogP contribution in [-0.4, -0.2) is 35.2 Å². The molecule has 6 nitrogen and oxygen atoms in total. The molecule has 0 fully saturated rings. The van der Waals surface area contributed by atoms with Crippen LogP contribution in [0, 0.1) is 5.82 Å². The van der Waals surface area contributed by atoms with Gasteiger partial charge < -0.3 is 20.4 Å². The van der Waals surface area contributed by atoms with E-state index in [4.69, 9.17) is 4.74 Å². The highest BCUT2D eigenvalue weighted by atomic mass is 79.9. The number of carbonyl (C=O) groups excluding carboxylic acids is 2. The molecular formula is C26H31BrFN3O3. The Morgan fingerprint density at radius 3 is 2.44 bits per heavy atom. The summed E-state index contributed by atoms with van der Waals surface area (Å²) in [5, 5.41) is 6.63. The molecule has 3 rings (SSSR count). The Hall–Kier alpha value is -2.87. The zero-order valence-corrected chi connectivity index (χ0v) is 21.5. The SMILES string of the molecule is CCCC[C@@H](CNC(=O)c1[nH]c2ccc(-c3ccc(F)cc3)cc2c1Br)NC(=O)OC(C)(C)C. The third-order valence-corrected chi connectivity index (χ3v) is 6.10. The normalized spacial score (nSPS) is 12.4. The van der Waals surface area contributed by atoms with E-state index in [0.717, 1.165) is 41.3 Å². The van der Waals surface area contributed by atoms with Gasteiger partial charge in [-0.05, 0) is 78.5 Å². The molecule has 8 heteroatoms. The van der Waals surface area contributed by atoms with E-state index in [9.17, 15) is 14.0 Å². The molecule has 1 atom stereocenters. The van der Waals surface area contributed by atoms with E-state index in [-0.39, 0.29) is 24.3 Å². The Bertz CT molecular complexity index is 1150.